The van der Waals surface area contributed by atoms with Gasteiger partial charge in [0.1, 0.15) is 0 Å². The Labute approximate surface area is 121 Å². The van der Waals surface area contributed by atoms with Crippen LogP contribution in [-0.2, 0) is 4.79 Å². The molecular weight excluding hydrogens is 252 g/mol. The Morgan fingerprint density at radius 2 is 1.90 bits per heavy atom. The molecule has 1 aromatic carbocycles. The van der Waals surface area contributed by atoms with Crippen molar-refractivity contribution >= 4 is 11.8 Å². The monoisotopic (exact) mass is 276 g/mol. The Bertz CT molecular complexity index is 495. The molecule has 1 aromatic rings. The fraction of sp³-hybridized carbons (Fsp3) is 0.500. The lowest BCUT2D eigenvalue weighted by Crippen LogP contribution is -2.37. The summed E-state index contributed by atoms with van der Waals surface area (Å²) in [5.74, 6) is -0.0300. The quantitative estimate of drug-likeness (QED) is 0.896. The van der Waals surface area contributed by atoms with Crippen LogP contribution in [-0.4, -0.2) is 36.9 Å². The highest BCUT2D eigenvalue weighted by atomic mass is 16.2. The lowest BCUT2D eigenvalue weighted by atomic mass is 10.0. The highest BCUT2D eigenvalue weighted by molar-refractivity contribution is 5.95. The summed E-state index contributed by atoms with van der Waals surface area (Å²) in [6.45, 7) is 8.63. The van der Waals surface area contributed by atoms with Crippen LogP contribution in [0.3, 0.4) is 0 Å². The molecule has 0 aliphatic carbocycles. The molecule has 1 N–H and O–H groups in total. The standard InChI is InChI=1S/C16H24N2O2/c1-11(2)15(19)17-9-10-18(5)16(20)14-8-6-7-12(3)13(14)4/h6-8,11H,9-10H2,1-5H3,(H,17,19). The molecule has 2 amide bonds. The van der Waals surface area contributed by atoms with Crippen molar-refractivity contribution < 1.29 is 9.59 Å². The van der Waals surface area contributed by atoms with Gasteiger partial charge in [-0.3, -0.25) is 9.59 Å². The van der Waals surface area contributed by atoms with E-state index < -0.39 is 0 Å². The summed E-state index contributed by atoms with van der Waals surface area (Å²) in [5.41, 5.74) is 2.84. The molecule has 4 nitrogen and oxygen atoms in total. The molecule has 1 rings (SSSR count). The lowest BCUT2D eigenvalue weighted by Gasteiger charge is -2.19. The smallest absolute Gasteiger partial charge is 0.253 e. The van der Waals surface area contributed by atoms with Gasteiger partial charge in [0.2, 0.25) is 5.91 Å². The second-order valence-corrected chi connectivity index (χ2v) is 5.42. The molecule has 0 fully saturated rings. The number of hydrogen-bond acceptors (Lipinski definition) is 2. The predicted molar refractivity (Wildman–Crippen MR) is 80.7 cm³/mol. The molecule has 20 heavy (non-hydrogen) atoms. The van der Waals surface area contributed by atoms with Crippen molar-refractivity contribution in [2.24, 2.45) is 5.92 Å². The Balaban J connectivity index is 2.59. The summed E-state index contributed by atoms with van der Waals surface area (Å²) in [5, 5.41) is 2.81. The third-order valence-electron chi connectivity index (χ3n) is 3.45. The molecule has 0 saturated carbocycles. The van der Waals surface area contributed by atoms with E-state index in [1.807, 2.05) is 45.9 Å². The van der Waals surface area contributed by atoms with Gasteiger partial charge < -0.3 is 10.2 Å². The zero-order chi connectivity index (χ0) is 15.3. The minimum atomic E-state index is -0.0324. The van der Waals surface area contributed by atoms with Crippen molar-refractivity contribution in [3.05, 3.63) is 34.9 Å². The van der Waals surface area contributed by atoms with Gasteiger partial charge in [0.05, 0.1) is 0 Å². The first kappa shape index (κ1) is 16.2. The maximum absolute atomic E-state index is 12.3. The number of amides is 2. The molecule has 0 saturated heterocycles. The van der Waals surface area contributed by atoms with Crippen LogP contribution < -0.4 is 5.32 Å². The first-order valence-electron chi connectivity index (χ1n) is 6.94. The van der Waals surface area contributed by atoms with Crippen LogP contribution in [0.2, 0.25) is 0 Å². The van der Waals surface area contributed by atoms with Gasteiger partial charge in [-0.05, 0) is 31.0 Å². The van der Waals surface area contributed by atoms with Crippen LogP contribution in [0.25, 0.3) is 0 Å². The molecule has 0 bridgehead atoms. The Kier molecular flexibility index (Phi) is 5.74. The van der Waals surface area contributed by atoms with Crippen LogP contribution in [0.15, 0.2) is 18.2 Å². The summed E-state index contributed by atoms with van der Waals surface area (Å²) in [4.78, 5) is 25.4. The topological polar surface area (TPSA) is 49.4 Å². The molecule has 0 heterocycles. The normalized spacial score (nSPS) is 10.5. The third kappa shape index (κ3) is 4.08. The van der Waals surface area contributed by atoms with Gasteiger partial charge in [0.25, 0.3) is 5.91 Å². The second kappa shape index (κ2) is 7.08. The van der Waals surface area contributed by atoms with Gasteiger partial charge in [-0.2, -0.15) is 0 Å². The average molecular weight is 276 g/mol. The van der Waals surface area contributed by atoms with Gasteiger partial charge in [-0.25, -0.2) is 0 Å². The summed E-state index contributed by atoms with van der Waals surface area (Å²) in [6.07, 6.45) is 0. The van der Waals surface area contributed by atoms with Crippen LogP contribution >= 0.6 is 0 Å². The number of hydrogen-bond donors (Lipinski definition) is 1. The SMILES string of the molecule is Cc1cccc(C(=O)N(C)CCNC(=O)C(C)C)c1C. The number of aryl methyl sites for hydroxylation is 1. The molecule has 0 atom stereocenters. The van der Waals surface area contributed by atoms with Crippen molar-refractivity contribution in [3.8, 4) is 0 Å². The second-order valence-electron chi connectivity index (χ2n) is 5.42. The first-order chi connectivity index (χ1) is 9.34. The maximum atomic E-state index is 12.3. The molecule has 0 unspecified atom stereocenters. The number of nitrogens with zero attached hydrogens (tertiary/aromatic N) is 1. The van der Waals surface area contributed by atoms with Crippen LogP contribution in [0.4, 0.5) is 0 Å². The molecule has 0 radical (unpaired) electrons. The van der Waals surface area contributed by atoms with Crippen LogP contribution in [0, 0.1) is 19.8 Å². The zero-order valence-corrected chi connectivity index (χ0v) is 13.0. The van der Waals surface area contributed by atoms with E-state index in [0.717, 1.165) is 16.7 Å². The van der Waals surface area contributed by atoms with Gasteiger partial charge in [0.15, 0.2) is 0 Å². The Morgan fingerprint density at radius 1 is 1.25 bits per heavy atom. The minimum Gasteiger partial charge on any atom is -0.354 e. The number of likely N-dealkylation sites (N-methyl/N-ethyl adjacent to an activating group) is 1. The van der Waals surface area contributed by atoms with E-state index in [2.05, 4.69) is 5.32 Å². The zero-order valence-electron chi connectivity index (χ0n) is 13.0. The lowest BCUT2D eigenvalue weighted by molar-refractivity contribution is -0.124. The summed E-state index contributed by atoms with van der Waals surface area (Å²) < 4.78 is 0. The third-order valence-corrected chi connectivity index (χ3v) is 3.45. The molecular formula is C16H24N2O2. The fourth-order valence-corrected chi connectivity index (χ4v) is 1.84. The van der Waals surface area contributed by atoms with E-state index in [0.29, 0.717) is 13.1 Å². The van der Waals surface area contributed by atoms with E-state index in [1.54, 1.807) is 11.9 Å². The summed E-state index contributed by atoms with van der Waals surface area (Å²) in [7, 11) is 1.76. The van der Waals surface area contributed by atoms with Crippen molar-refractivity contribution in [1.29, 1.82) is 0 Å². The number of carbonyl (C=O) groups excluding carboxylic acids is 2. The minimum absolute atomic E-state index is 0.00926. The Hall–Kier alpha value is -1.84. The molecule has 110 valence electrons. The predicted octanol–water partition coefficient (Wildman–Crippen LogP) is 2.15. The molecule has 0 aromatic heterocycles. The Morgan fingerprint density at radius 3 is 2.50 bits per heavy atom. The number of carbonyl (C=O) groups is 2. The van der Waals surface area contributed by atoms with E-state index in [4.69, 9.17) is 0 Å². The maximum Gasteiger partial charge on any atom is 0.253 e. The van der Waals surface area contributed by atoms with Gasteiger partial charge in [-0.1, -0.05) is 26.0 Å². The fourth-order valence-electron chi connectivity index (χ4n) is 1.84. The van der Waals surface area contributed by atoms with Crippen molar-refractivity contribution in [1.82, 2.24) is 10.2 Å². The van der Waals surface area contributed by atoms with Crippen molar-refractivity contribution in [3.63, 3.8) is 0 Å². The summed E-state index contributed by atoms with van der Waals surface area (Å²) in [6, 6.07) is 5.73. The molecule has 0 aliphatic rings. The summed E-state index contributed by atoms with van der Waals surface area (Å²) >= 11 is 0. The van der Waals surface area contributed by atoms with Crippen molar-refractivity contribution in [2.45, 2.75) is 27.7 Å². The molecule has 0 spiro atoms. The van der Waals surface area contributed by atoms with Crippen LogP contribution in [0.5, 0.6) is 0 Å². The highest BCUT2D eigenvalue weighted by Gasteiger charge is 2.15. The van der Waals surface area contributed by atoms with Crippen LogP contribution in [0.1, 0.15) is 35.3 Å². The number of benzene rings is 1. The van der Waals surface area contributed by atoms with E-state index in [1.165, 1.54) is 0 Å². The first-order valence-corrected chi connectivity index (χ1v) is 6.94. The van der Waals surface area contributed by atoms with Gasteiger partial charge in [-0.15, -0.1) is 0 Å². The van der Waals surface area contributed by atoms with Crippen molar-refractivity contribution in [2.75, 3.05) is 20.1 Å². The van der Waals surface area contributed by atoms with E-state index in [9.17, 15) is 9.59 Å². The largest absolute Gasteiger partial charge is 0.354 e. The number of nitrogens with one attached hydrogen (secondary N) is 1. The average Bonchev–Trinajstić information content (AvgIpc) is 2.40. The van der Waals surface area contributed by atoms with E-state index >= 15 is 0 Å². The molecule has 0 aliphatic heterocycles. The van der Waals surface area contributed by atoms with Gasteiger partial charge >= 0.3 is 0 Å². The van der Waals surface area contributed by atoms with Gasteiger partial charge in [0, 0.05) is 31.6 Å². The van der Waals surface area contributed by atoms with E-state index in [-0.39, 0.29) is 17.7 Å². The number of rotatable bonds is 5. The highest BCUT2D eigenvalue weighted by Crippen LogP contribution is 2.14. The molecule has 4 heteroatoms.